The second-order valence-electron chi connectivity index (χ2n) is 7.62. The normalized spacial score (nSPS) is 18.6. The number of benzene rings is 1. The minimum atomic E-state index is -0.138. The summed E-state index contributed by atoms with van der Waals surface area (Å²) in [5.41, 5.74) is 4.02. The fourth-order valence-corrected chi connectivity index (χ4v) is 3.93. The molecule has 6 heteroatoms. The molecule has 1 amide bonds. The molecule has 1 atom stereocenters. The third-order valence-corrected chi connectivity index (χ3v) is 5.55. The standard InChI is InChI=1S/C24H28N4O2/c1-18-16-27(17-26-18)22-10-9-20(15-23(22)30-2)28-14-12-21(24(28)29)25-13-11-19-7-5-3-4-6-8-19/h3-5,7-10,15-17,21,25H,6,11-14H2,1-2H3. The molecule has 2 heterocycles. The number of ether oxygens (including phenoxy) is 1. The smallest absolute Gasteiger partial charge is 0.244 e. The van der Waals surface area contributed by atoms with Gasteiger partial charge >= 0.3 is 0 Å². The first kappa shape index (κ1) is 20.2. The second kappa shape index (κ2) is 9.13. The molecule has 0 saturated carbocycles. The Labute approximate surface area is 177 Å². The molecule has 1 aliphatic carbocycles. The van der Waals surface area contributed by atoms with E-state index in [1.807, 2.05) is 40.8 Å². The van der Waals surface area contributed by atoms with Gasteiger partial charge in [0.2, 0.25) is 5.91 Å². The average Bonchev–Trinajstić information content (AvgIpc) is 3.24. The molecule has 4 rings (SSSR count). The molecule has 6 nitrogen and oxygen atoms in total. The molecule has 1 aromatic carbocycles. The van der Waals surface area contributed by atoms with Crippen LogP contribution < -0.4 is 15.0 Å². The minimum absolute atomic E-state index is 0.121. The summed E-state index contributed by atoms with van der Waals surface area (Å²) in [5, 5.41) is 3.44. The molecule has 156 valence electrons. The van der Waals surface area contributed by atoms with Crippen LogP contribution in [0.3, 0.4) is 0 Å². The van der Waals surface area contributed by atoms with Crippen molar-refractivity contribution in [3.05, 3.63) is 72.4 Å². The molecule has 0 bridgehead atoms. The number of rotatable bonds is 7. The van der Waals surface area contributed by atoms with Crippen LogP contribution in [0.4, 0.5) is 5.69 Å². The zero-order valence-corrected chi connectivity index (χ0v) is 17.5. The van der Waals surface area contributed by atoms with Crippen molar-refractivity contribution in [3.63, 3.8) is 0 Å². The summed E-state index contributed by atoms with van der Waals surface area (Å²) in [6.45, 7) is 3.45. The Bertz CT molecular complexity index is 1000. The summed E-state index contributed by atoms with van der Waals surface area (Å²) in [6.07, 6.45) is 17.1. The quantitative estimate of drug-likeness (QED) is 0.764. The largest absolute Gasteiger partial charge is 0.494 e. The highest BCUT2D eigenvalue weighted by Gasteiger charge is 2.32. The SMILES string of the molecule is COc1cc(N2CCC(NCCC3=CCC=CC=C3)C2=O)ccc1-n1cnc(C)c1. The lowest BCUT2D eigenvalue weighted by molar-refractivity contribution is -0.118. The molecule has 2 aliphatic rings. The number of nitrogens with zero attached hydrogens (tertiary/aromatic N) is 3. The Hall–Kier alpha value is -3.12. The van der Waals surface area contributed by atoms with Gasteiger partial charge in [-0.25, -0.2) is 4.98 Å². The number of imidazole rings is 1. The second-order valence-corrected chi connectivity index (χ2v) is 7.62. The van der Waals surface area contributed by atoms with E-state index in [1.54, 1.807) is 13.4 Å². The van der Waals surface area contributed by atoms with Gasteiger partial charge in [0.15, 0.2) is 0 Å². The fraction of sp³-hybridized carbons (Fsp3) is 0.333. The van der Waals surface area contributed by atoms with E-state index in [2.05, 4.69) is 40.7 Å². The lowest BCUT2D eigenvalue weighted by Gasteiger charge is -2.19. The average molecular weight is 405 g/mol. The summed E-state index contributed by atoms with van der Waals surface area (Å²) < 4.78 is 7.52. The Morgan fingerprint density at radius 3 is 3.00 bits per heavy atom. The van der Waals surface area contributed by atoms with Gasteiger partial charge in [0.1, 0.15) is 5.75 Å². The monoisotopic (exact) mass is 404 g/mol. The Kier molecular flexibility index (Phi) is 6.14. The maximum absolute atomic E-state index is 13.0. The molecule has 1 unspecified atom stereocenters. The van der Waals surface area contributed by atoms with Crippen molar-refractivity contribution < 1.29 is 9.53 Å². The number of hydrogen-bond acceptors (Lipinski definition) is 4. The fourth-order valence-electron chi connectivity index (χ4n) is 3.93. The third-order valence-electron chi connectivity index (χ3n) is 5.55. The van der Waals surface area contributed by atoms with Crippen LogP contribution in [0.25, 0.3) is 5.69 Å². The van der Waals surface area contributed by atoms with E-state index in [-0.39, 0.29) is 11.9 Å². The van der Waals surface area contributed by atoms with Crippen molar-refractivity contribution in [3.8, 4) is 11.4 Å². The number of anilines is 1. The number of carbonyl (C=O) groups excluding carboxylic acids is 1. The van der Waals surface area contributed by atoms with Crippen LogP contribution in [0.5, 0.6) is 5.75 Å². The molecule has 1 N–H and O–H groups in total. The topological polar surface area (TPSA) is 59.4 Å². The molecule has 30 heavy (non-hydrogen) atoms. The minimum Gasteiger partial charge on any atom is -0.494 e. The van der Waals surface area contributed by atoms with E-state index < -0.39 is 0 Å². The molecular formula is C24H28N4O2. The van der Waals surface area contributed by atoms with Gasteiger partial charge in [0.05, 0.1) is 30.9 Å². The summed E-state index contributed by atoms with van der Waals surface area (Å²) in [4.78, 5) is 19.1. The van der Waals surface area contributed by atoms with E-state index in [9.17, 15) is 4.79 Å². The first-order chi connectivity index (χ1) is 14.7. The highest BCUT2D eigenvalue weighted by molar-refractivity contribution is 5.99. The van der Waals surface area contributed by atoms with Gasteiger partial charge < -0.3 is 19.5 Å². The van der Waals surface area contributed by atoms with Crippen molar-refractivity contribution in [2.24, 2.45) is 0 Å². The van der Waals surface area contributed by atoms with Gasteiger partial charge in [-0.15, -0.1) is 0 Å². The predicted octanol–water partition coefficient (Wildman–Crippen LogP) is 3.72. The van der Waals surface area contributed by atoms with Crippen LogP contribution in [0.15, 0.2) is 66.7 Å². The van der Waals surface area contributed by atoms with Crippen LogP contribution in [-0.4, -0.2) is 41.7 Å². The lowest BCUT2D eigenvalue weighted by Crippen LogP contribution is -2.38. The molecule has 1 fully saturated rings. The predicted molar refractivity (Wildman–Crippen MR) is 119 cm³/mol. The summed E-state index contributed by atoms with van der Waals surface area (Å²) in [7, 11) is 1.65. The molecular weight excluding hydrogens is 376 g/mol. The Morgan fingerprint density at radius 1 is 1.30 bits per heavy atom. The maximum atomic E-state index is 13.0. The lowest BCUT2D eigenvalue weighted by atomic mass is 10.1. The molecule has 1 aliphatic heterocycles. The third kappa shape index (κ3) is 4.39. The van der Waals surface area contributed by atoms with Crippen molar-refractivity contribution in [2.45, 2.75) is 32.2 Å². The molecule has 0 spiro atoms. The van der Waals surface area contributed by atoms with E-state index in [4.69, 9.17) is 4.74 Å². The molecule has 1 saturated heterocycles. The highest BCUT2D eigenvalue weighted by atomic mass is 16.5. The number of hydrogen-bond donors (Lipinski definition) is 1. The molecule has 2 aromatic rings. The van der Waals surface area contributed by atoms with Gasteiger partial charge in [-0.05, 0) is 44.9 Å². The first-order valence-corrected chi connectivity index (χ1v) is 10.4. The van der Waals surface area contributed by atoms with Gasteiger partial charge in [0, 0.05) is 24.5 Å². The van der Waals surface area contributed by atoms with E-state index in [0.717, 1.165) is 48.6 Å². The van der Waals surface area contributed by atoms with Gasteiger partial charge in [-0.1, -0.05) is 36.0 Å². The van der Waals surface area contributed by atoms with Crippen LogP contribution in [0, 0.1) is 6.92 Å². The van der Waals surface area contributed by atoms with E-state index >= 15 is 0 Å². The van der Waals surface area contributed by atoms with Crippen molar-refractivity contribution in [1.82, 2.24) is 14.9 Å². The Morgan fingerprint density at radius 2 is 2.20 bits per heavy atom. The van der Waals surface area contributed by atoms with Crippen LogP contribution in [0.2, 0.25) is 0 Å². The number of aromatic nitrogens is 2. The maximum Gasteiger partial charge on any atom is 0.244 e. The number of amides is 1. The van der Waals surface area contributed by atoms with Crippen LogP contribution in [-0.2, 0) is 4.79 Å². The van der Waals surface area contributed by atoms with Crippen molar-refractivity contribution in [1.29, 1.82) is 0 Å². The van der Waals surface area contributed by atoms with Crippen LogP contribution >= 0.6 is 0 Å². The van der Waals surface area contributed by atoms with Gasteiger partial charge in [0.25, 0.3) is 0 Å². The zero-order valence-electron chi connectivity index (χ0n) is 17.5. The number of carbonyl (C=O) groups is 1. The van der Waals surface area contributed by atoms with Gasteiger partial charge in [-0.2, -0.15) is 0 Å². The highest BCUT2D eigenvalue weighted by Crippen LogP contribution is 2.31. The number of allylic oxidation sites excluding steroid dienone is 5. The first-order valence-electron chi connectivity index (χ1n) is 10.4. The summed E-state index contributed by atoms with van der Waals surface area (Å²) in [6, 6.07) is 5.74. The van der Waals surface area contributed by atoms with Crippen molar-refractivity contribution in [2.75, 3.05) is 25.1 Å². The van der Waals surface area contributed by atoms with E-state index in [0.29, 0.717) is 6.54 Å². The number of methoxy groups -OCH3 is 1. The summed E-state index contributed by atoms with van der Waals surface area (Å²) >= 11 is 0. The molecule has 1 aromatic heterocycles. The summed E-state index contributed by atoms with van der Waals surface area (Å²) in [5.74, 6) is 0.838. The van der Waals surface area contributed by atoms with E-state index in [1.165, 1.54) is 5.57 Å². The number of nitrogens with one attached hydrogen (secondary N) is 1. The zero-order chi connectivity index (χ0) is 20.9. The van der Waals surface area contributed by atoms with Crippen molar-refractivity contribution >= 4 is 11.6 Å². The molecule has 0 radical (unpaired) electrons. The number of aryl methyl sites for hydroxylation is 1. The van der Waals surface area contributed by atoms with Gasteiger partial charge in [-0.3, -0.25) is 4.79 Å². The Balaban J connectivity index is 1.40. The van der Waals surface area contributed by atoms with Crippen LogP contribution in [0.1, 0.15) is 25.0 Å².